The number of hydrogen-bond donors (Lipinski definition) is 1. The normalized spacial score (nSPS) is 11.4. The van der Waals surface area contributed by atoms with Gasteiger partial charge in [-0.05, 0) is 30.7 Å². The number of rotatable bonds is 8. The molecule has 7 nitrogen and oxygen atoms in total. The minimum Gasteiger partial charge on any atom is -0.463 e. The van der Waals surface area contributed by atoms with Crippen LogP contribution in [0, 0.1) is 6.92 Å². The fourth-order valence-electron chi connectivity index (χ4n) is 3.03. The molecule has 1 unspecified atom stereocenters. The van der Waals surface area contributed by atoms with Crippen LogP contribution in [0.5, 0.6) is 0 Å². The van der Waals surface area contributed by atoms with E-state index in [1.807, 2.05) is 30.3 Å². The van der Waals surface area contributed by atoms with Crippen LogP contribution < -0.4 is 5.32 Å². The Balaban J connectivity index is 1.71. The SMILES string of the molecule is COC(=O)c1oc(COC(=O)C(Cc2ccccc2)NC(=O)c2ccccc2)cc1C. The van der Waals surface area contributed by atoms with Crippen molar-refractivity contribution in [2.45, 2.75) is 26.0 Å². The van der Waals surface area contributed by atoms with Gasteiger partial charge in [-0.2, -0.15) is 0 Å². The monoisotopic (exact) mass is 421 g/mol. The fourth-order valence-corrected chi connectivity index (χ4v) is 3.03. The van der Waals surface area contributed by atoms with Gasteiger partial charge in [-0.15, -0.1) is 0 Å². The summed E-state index contributed by atoms with van der Waals surface area (Å²) < 4.78 is 15.5. The van der Waals surface area contributed by atoms with E-state index in [0.717, 1.165) is 5.56 Å². The molecule has 0 saturated carbocycles. The molecule has 0 spiro atoms. The average Bonchev–Trinajstić information content (AvgIpc) is 3.18. The molecule has 1 atom stereocenters. The van der Waals surface area contributed by atoms with Crippen molar-refractivity contribution in [3.05, 3.63) is 94.9 Å². The number of aryl methyl sites for hydroxylation is 1. The maximum Gasteiger partial charge on any atom is 0.374 e. The second kappa shape index (κ2) is 10.2. The first kappa shape index (κ1) is 21.8. The first-order valence-electron chi connectivity index (χ1n) is 9.72. The topological polar surface area (TPSA) is 94.8 Å². The molecule has 0 aliphatic heterocycles. The van der Waals surface area contributed by atoms with E-state index in [-0.39, 0.29) is 24.7 Å². The third-order valence-corrected chi connectivity index (χ3v) is 4.60. The largest absolute Gasteiger partial charge is 0.463 e. The van der Waals surface area contributed by atoms with Crippen LogP contribution in [0.3, 0.4) is 0 Å². The van der Waals surface area contributed by atoms with Gasteiger partial charge in [0.05, 0.1) is 7.11 Å². The number of esters is 2. The molecule has 3 aromatic rings. The molecule has 1 N–H and O–H groups in total. The van der Waals surface area contributed by atoms with Crippen molar-refractivity contribution >= 4 is 17.8 Å². The summed E-state index contributed by atoms with van der Waals surface area (Å²) in [5, 5.41) is 2.74. The number of benzene rings is 2. The molecule has 0 bridgehead atoms. The molecule has 1 aromatic heterocycles. The lowest BCUT2D eigenvalue weighted by molar-refractivity contribution is -0.147. The number of carbonyl (C=O) groups excluding carboxylic acids is 3. The molecule has 2 aromatic carbocycles. The van der Waals surface area contributed by atoms with Crippen LogP contribution in [-0.2, 0) is 27.3 Å². The van der Waals surface area contributed by atoms with E-state index in [2.05, 4.69) is 10.1 Å². The second-order valence-electron chi connectivity index (χ2n) is 6.91. The molecule has 0 radical (unpaired) electrons. The van der Waals surface area contributed by atoms with Gasteiger partial charge in [0, 0.05) is 17.5 Å². The highest BCUT2D eigenvalue weighted by Crippen LogP contribution is 2.17. The summed E-state index contributed by atoms with van der Waals surface area (Å²) in [4.78, 5) is 37.1. The smallest absolute Gasteiger partial charge is 0.374 e. The van der Waals surface area contributed by atoms with Gasteiger partial charge in [0.25, 0.3) is 5.91 Å². The second-order valence-corrected chi connectivity index (χ2v) is 6.91. The highest BCUT2D eigenvalue weighted by Gasteiger charge is 2.24. The summed E-state index contributed by atoms with van der Waals surface area (Å²) in [5.41, 5.74) is 1.90. The highest BCUT2D eigenvalue weighted by atomic mass is 16.6. The zero-order valence-corrected chi connectivity index (χ0v) is 17.3. The average molecular weight is 421 g/mol. The standard InChI is InChI=1S/C24H23NO6/c1-16-13-19(31-21(16)24(28)29-2)15-30-23(27)20(14-17-9-5-3-6-10-17)25-22(26)18-11-7-4-8-12-18/h3-13,20H,14-15H2,1-2H3,(H,25,26). The predicted octanol–water partition coefficient (Wildman–Crippen LogP) is 3.46. The lowest BCUT2D eigenvalue weighted by atomic mass is 10.1. The van der Waals surface area contributed by atoms with Gasteiger partial charge in [-0.1, -0.05) is 48.5 Å². The summed E-state index contributed by atoms with van der Waals surface area (Å²) >= 11 is 0. The van der Waals surface area contributed by atoms with Gasteiger partial charge < -0.3 is 19.2 Å². The van der Waals surface area contributed by atoms with Gasteiger partial charge in [0.15, 0.2) is 0 Å². The van der Waals surface area contributed by atoms with E-state index in [4.69, 9.17) is 9.15 Å². The number of amides is 1. The van der Waals surface area contributed by atoms with Gasteiger partial charge in [-0.3, -0.25) is 4.79 Å². The van der Waals surface area contributed by atoms with Crippen molar-refractivity contribution in [1.29, 1.82) is 0 Å². The Morgan fingerprint density at radius 3 is 2.29 bits per heavy atom. The zero-order chi connectivity index (χ0) is 22.2. The first-order chi connectivity index (χ1) is 15.0. The van der Waals surface area contributed by atoms with Crippen molar-refractivity contribution in [2.24, 2.45) is 0 Å². The molecular formula is C24H23NO6. The van der Waals surface area contributed by atoms with Crippen LogP contribution in [-0.4, -0.2) is 31.0 Å². The van der Waals surface area contributed by atoms with Crippen LogP contribution >= 0.6 is 0 Å². The van der Waals surface area contributed by atoms with Gasteiger partial charge >= 0.3 is 11.9 Å². The zero-order valence-electron chi connectivity index (χ0n) is 17.3. The molecule has 31 heavy (non-hydrogen) atoms. The summed E-state index contributed by atoms with van der Waals surface area (Å²) in [7, 11) is 1.26. The Labute approximate surface area is 180 Å². The quantitative estimate of drug-likeness (QED) is 0.560. The Morgan fingerprint density at radius 1 is 1.00 bits per heavy atom. The number of furan rings is 1. The Bertz CT molecular complexity index is 1040. The molecule has 1 amide bonds. The lowest BCUT2D eigenvalue weighted by Gasteiger charge is -2.17. The minimum atomic E-state index is -0.897. The summed E-state index contributed by atoms with van der Waals surface area (Å²) in [6.45, 7) is 1.52. The molecule has 1 heterocycles. The third-order valence-electron chi connectivity index (χ3n) is 4.60. The van der Waals surface area contributed by atoms with Crippen LogP contribution in [0.1, 0.15) is 37.8 Å². The van der Waals surface area contributed by atoms with Gasteiger partial charge in [0.2, 0.25) is 5.76 Å². The molecular weight excluding hydrogens is 398 g/mol. The molecule has 7 heteroatoms. The predicted molar refractivity (Wildman–Crippen MR) is 112 cm³/mol. The summed E-state index contributed by atoms with van der Waals surface area (Å²) in [6, 6.07) is 18.7. The number of hydrogen-bond acceptors (Lipinski definition) is 6. The van der Waals surface area contributed by atoms with Crippen LogP contribution in [0.15, 0.2) is 71.1 Å². The van der Waals surface area contributed by atoms with Crippen molar-refractivity contribution in [3.63, 3.8) is 0 Å². The Hall–Kier alpha value is -3.87. The number of methoxy groups -OCH3 is 1. The van der Waals surface area contributed by atoms with Crippen molar-refractivity contribution in [2.75, 3.05) is 7.11 Å². The maximum atomic E-state index is 12.8. The Morgan fingerprint density at radius 2 is 1.65 bits per heavy atom. The van der Waals surface area contributed by atoms with Crippen LogP contribution in [0.25, 0.3) is 0 Å². The van der Waals surface area contributed by atoms with Crippen molar-refractivity contribution < 1.29 is 28.3 Å². The maximum absolute atomic E-state index is 12.8. The molecule has 0 aliphatic rings. The molecule has 0 saturated heterocycles. The number of nitrogens with one attached hydrogen (secondary N) is 1. The van der Waals surface area contributed by atoms with Gasteiger partial charge in [0.1, 0.15) is 18.4 Å². The van der Waals surface area contributed by atoms with Crippen molar-refractivity contribution in [3.8, 4) is 0 Å². The van der Waals surface area contributed by atoms with E-state index in [1.165, 1.54) is 7.11 Å². The summed E-state index contributed by atoms with van der Waals surface area (Å²) in [5.74, 6) is -1.22. The summed E-state index contributed by atoms with van der Waals surface area (Å²) in [6.07, 6.45) is 0.267. The van der Waals surface area contributed by atoms with E-state index in [9.17, 15) is 14.4 Å². The number of ether oxygens (including phenoxy) is 2. The molecule has 0 fully saturated rings. The van der Waals surface area contributed by atoms with E-state index >= 15 is 0 Å². The lowest BCUT2D eigenvalue weighted by Crippen LogP contribution is -2.43. The number of carbonyl (C=O) groups is 3. The molecule has 160 valence electrons. The van der Waals surface area contributed by atoms with Crippen molar-refractivity contribution in [1.82, 2.24) is 5.32 Å². The first-order valence-corrected chi connectivity index (χ1v) is 9.72. The van der Waals surface area contributed by atoms with E-state index in [0.29, 0.717) is 16.9 Å². The van der Waals surface area contributed by atoms with Crippen LogP contribution in [0.2, 0.25) is 0 Å². The third kappa shape index (κ3) is 5.82. The Kier molecular flexibility index (Phi) is 7.22. The van der Waals surface area contributed by atoms with Crippen LogP contribution in [0.4, 0.5) is 0 Å². The minimum absolute atomic E-state index is 0.0618. The van der Waals surface area contributed by atoms with E-state index in [1.54, 1.807) is 43.3 Å². The van der Waals surface area contributed by atoms with Gasteiger partial charge in [-0.25, -0.2) is 9.59 Å². The molecule has 0 aliphatic carbocycles. The molecule has 3 rings (SSSR count). The highest BCUT2D eigenvalue weighted by molar-refractivity contribution is 5.96. The van der Waals surface area contributed by atoms with E-state index < -0.39 is 18.0 Å². The fraction of sp³-hybridized carbons (Fsp3) is 0.208.